The fraction of sp³-hybridized carbons (Fsp3) is 0.714. The van der Waals surface area contributed by atoms with Crippen LogP contribution in [0.15, 0.2) is 0 Å². The normalized spacial score (nSPS) is 24.9. The third-order valence-corrected chi connectivity index (χ3v) is 2.14. The Morgan fingerprint density at radius 3 is 2.77 bits per heavy atom. The first-order chi connectivity index (χ1) is 6.00. The average Bonchev–Trinajstić information content (AvgIpc) is 2.30. The van der Waals surface area contributed by atoms with E-state index in [4.69, 9.17) is 21.8 Å². The predicted octanol–water partition coefficient (Wildman–Crippen LogP) is -0.728. The number of carbonyl (C=O) groups is 2. The summed E-state index contributed by atoms with van der Waals surface area (Å²) < 4.78 is 0. The largest absolute Gasteiger partial charge is 0.479 e. The Balaban J connectivity index is 2.46. The Bertz CT molecular complexity index is 233. The van der Waals surface area contributed by atoms with Crippen LogP contribution in [0.5, 0.6) is 0 Å². The Hall–Kier alpha value is -0.810. The van der Waals surface area contributed by atoms with Gasteiger partial charge < -0.3 is 15.1 Å². The molecule has 2 N–H and O–H groups in total. The molecular weight excluding hydrogens is 198 g/mol. The summed E-state index contributed by atoms with van der Waals surface area (Å²) in [6.07, 6.45) is -1.31. The van der Waals surface area contributed by atoms with Crippen LogP contribution in [0.2, 0.25) is 0 Å². The minimum atomic E-state index is -1.52. The number of carbonyl (C=O) groups excluding carboxylic acids is 1. The standard InChI is InChI=1S/C7H10ClNO4/c8-4-1-6(11)9(2-4)3-5(10)7(12)13/h4-5,10H,1-3H2,(H,12,13)/t4?,5-/m0/s1. The molecule has 1 amide bonds. The number of likely N-dealkylation sites (tertiary alicyclic amines) is 1. The Kier molecular flexibility index (Phi) is 3.11. The Morgan fingerprint density at radius 2 is 2.38 bits per heavy atom. The number of aliphatic hydroxyl groups is 1. The quantitative estimate of drug-likeness (QED) is 0.599. The summed E-state index contributed by atoms with van der Waals surface area (Å²) in [6.45, 7) is 0.127. The van der Waals surface area contributed by atoms with Crippen LogP contribution in [-0.2, 0) is 9.59 Å². The maximum Gasteiger partial charge on any atom is 0.334 e. The van der Waals surface area contributed by atoms with Crippen LogP contribution in [0, 0.1) is 0 Å². The molecule has 0 aromatic rings. The van der Waals surface area contributed by atoms with Crippen molar-refractivity contribution in [3.63, 3.8) is 0 Å². The van der Waals surface area contributed by atoms with E-state index < -0.39 is 12.1 Å². The molecule has 0 aliphatic carbocycles. The molecular formula is C7H10ClNO4. The lowest BCUT2D eigenvalue weighted by Crippen LogP contribution is -2.37. The van der Waals surface area contributed by atoms with Crippen LogP contribution >= 0.6 is 11.6 Å². The topological polar surface area (TPSA) is 77.8 Å². The number of aliphatic hydroxyl groups excluding tert-OH is 1. The van der Waals surface area contributed by atoms with Crippen LogP contribution in [0.4, 0.5) is 0 Å². The molecule has 0 aromatic heterocycles. The molecule has 1 heterocycles. The van der Waals surface area contributed by atoms with Crippen molar-refractivity contribution in [3.05, 3.63) is 0 Å². The summed E-state index contributed by atoms with van der Waals surface area (Å²) in [6, 6.07) is 0. The van der Waals surface area contributed by atoms with Gasteiger partial charge in [0.25, 0.3) is 0 Å². The number of carboxylic acids is 1. The molecule has 2 atom stereocenters. The molecule has 1 aliphatic rings. The van der Waals surface area contributed by atoms with Crippen molar-refractivity contribution < 1.29 is 19.8 Å². The highest BCUT2D eigenvalue weighted by Gasteiger charge is 2.30. The van der Waals surface area contributed by atoms with Gasteiger partial charge in [-0.15, -0.1) is 11.6 Å². The van der Waals surface area contributed by atoms with E-state index >= 15 is 0 Å². The Labute approximate surface area is 79.9 Å². The van der Waals surface area contributed by atoms with E-state index in [0.29, 0.717) is 6.54 Å². The van der Waals surface area contributed by atoms with Gasteiger partial charge in [-0.3, -0.25) is 4.79 Å². The zero-order valence-electron chi connectivity index (χ0n) is 6.81. The highest BCUT2D eigenvalue weighted by molar-refractivity contribution is 6.22. The van der Waals surface area contributed by atoms with Crippen molar-refractivity contribution >= 4 is 23.5 Å². The molecule has 1 aliphatic heterocycles. The molecule has 0 bridgehead atoms. The van der Waals surface area contributed by atoms with Crippen LogP contribution in [0.1, 0.15) is 6.42 Å². The van der Waals surface area contributed by atoms with Gasteiger partial charge in [-0.2, -0.15) is 0 Å². The zero-order valence-corrected chi connectivity index (χ0v) is 7.57. The molecule has 1 saturated heterocycles. The molecule has 13 heavy (non-hydrogen) atoms. The lowest BCUT2D eigenvalue weighted by atomic mass is 10.3. The van der Waals surface area contributed by atoms with Gasteiger partial charge in [0.2, 0.25) is 5.91 Å². The number of amides is 1. The minimum absolute atomic E-state index is 0.183. The van der Waals surface area contributed by atoms with Crippen LogP contribution < -0.4 is 0 Å². The lowest BCUT2D eigenvalue weighted by molar-refractivity contribution is -0.148. The fourth-order valence-electron chi connectivity index (χ4n) is 1.19. The smallest absolute Gasteiger partial charge is 0.334 e. The maximum atomic E-state index is 11.1. The first-order valence-electron chi connectivity index (χ1n) is 3.83. The average molecular weight is 208 g/mol. The first-order valence-corrected chi connectivity index (χ1v) is 4.27. The van der Waals surface area contributed by atoms with Gasteiger partial charge in [0.15, 0.2) is 6.10 Å². The number of rotatable bonds is 3. The number of hydrogen-bond donors (Lipinski definition) is 2. The van der Waals surface area contributed by atoms with E-state index in [1.54, 1.807) is 0 Å². The number of β-amino-alcohol motifs (C(OH)–C–C–N with tert-alkyl or cyclic N) is 1. The minimum Gasteiger partial charge on any atom is -0.479 e. The van der Waals surface area contributed by atoms with Crippen molar-refractivity contribution in [2.75, 3.05) is 13.1 Å². The predicted molar refractivity (Wildman–Crippen MR) is 44.5 cm³/mol. The van der Waals surface area contributed by atoms with Gasteiger partial charge in [-0.1, -0.05) is 0 Å². The third kappa shape index (κ3) is 2.57. The monoisotopic (exact) mass is 207 g/mol. The second-order valence-electron chi connectivity index (χ2n) is 2.95. The first kappa shape index (κ1) is 10.3. The van der Waals surface area contributed by atoms with Gasteiger partial charge in [-0.05, 0) is 0 Å². The molecule has 5 nitrogen and oxygen atoms in total. The number of carboxylic acid groups (broad SMARTS) is 1. The molecule has 74 valence electrons. The number of alkyl halides is 1. The summed E-state index contributed by atoms with van der Waals surface area (Å²) in [5.74, 6) is -1.54. The zero-order chi connectivity index (χ0) is 10.0. The van der Waals surface area contributed by atoms with Gasteiger partial charge in [-0.25, -0.2) is 4.79 Å². The molecule has 6 heteroatoms. The van der Waals surface area contributed by atoms with E-state index in [9.17, 15) is 9.59 Å². The lowest BCUT2D eigenvalue weighted by Gasteiger charge is -2.17. The number of aliphatic carboxylic acids is 1. The maximum absolute atomic E-state index is 11.1. The van der Waals surface area contributed by atoms with E-state index in [1.165, 1.54) is 4.90 Å². The van der Waals surface area contributed by atoms with Gasteiger partial charge in [0.05, 0.1) is 11.9 Å². The highest BCUT2D eigenvalue weighted by Crippen LogP contribution is 2.16. The second-order valence-corrected chi connectivity index (χ2v) is 3.57. The summed E-state index contributed by atoms with van der Waals surface area (Å²) >= 11 is 5.67. The van der Waals surface area contributed by atoms with Crippen LogP contribution in [-0.4, -0.2) is 51.6 Å². The summed E-state index contributed by atoms with van der Waals surface area (Å²) in [4.78, 5) is 22.6. The fourth-order valence-corrected chi connectivity index (χ4v) is 1.49. The van der Waals surface area contributed by atoms with E-state index in [1.807, 2.05) is 0 Å². The third-order valence-electron chi connectivity index (χ3n) is 1.85. The van der Waals surface area contributed by atoms with Gasteiger partial charge >= 0.3 is 5.97 Å². The van der Waals surface area contributed by atoms with E-state index in [-0.39, 0.29) is 24.2 Å². The number of halogens is 1. The highest BCUT2D eigenvalue weighted by atomic mass is 35.5. The van der Waals surface area contributed by atoms with Gasteiger partial charge in [0, 0.05) is 13.0 Å². The van der Waals surface area contributed by atoms with Crippen molar-refractivity contribution in [1.29, 1.82) is 0 Å². The van der Waals surface area contributed by atoms with E-state index in [0.717, 1.165) is 0 Å². The summed E-state index contributed by atoms with van der Waals surface area (Å²) in [5.41, 5.74) is 0. The molecule has 0 aromatic carbocycles. The Morgan fingerprint density at radius 1 is 1.77 bits per heavy atom. The summed E-state index contributed by atoms with van der Waals surface area (Å²) in [5, 5.41) is 17.1. The van der Waals surface area contributed by atoms with E-state index in [2.05, 4.69) is 0 Å². The number of nitrogens with zero attached hydrogens (tertiary/aromatic N) is 1. The number of hydrogen-bond acceptors (Lipinski definition) is 3. The van der Waals surface area contributed by atoms with Crippen molar-refractivity contribution in [3.8, 4) is 0 Å². The molecule has 0 saturated carbocycles. The van der Waals surface area contributed by atoms with Crippen LogP contribution in [0.3, 0.4) is 0 Å². The van der Waals surface area contributed by atoms with Crippen molar-refractivity contribution in [2.45, 2.75) is 17.9 Å². The molecule has 0 radical (unpaired) electrons. The summed E-state index contributed by atoms with van der Waals surface area (Å²) in [7, 11) is 0. The molecule has 0 spiro atoms. The van der Waals surface area contributed by atoms with Crippen molar-refractivity contribution in [2.24, 2.45) is 0 Å². The van der Waals surface area contributed by atoms with Crippen LogP contribution in [0.25, 0.3) is 0 Å². The van der Waals surface area contributed by atoms with Gasteiger partial charge in [0.1, 0.15) is 0 Å². The SMILES string of the molecule is O=C(O)[C@@H](O)CN1CC(Cl)CC1=O. The molecule has 1 unspecified atom stereocenters. The second kappa shape index (κ2) is 3.93. The molecule has 1 rings (SSSR count). The molecule has 1 fully saturated rings. The van der Waals surface area contributed by atoms with Crippen molar-refractivity contribution in [1.82, 2.24) is 4.90 Å².